The van der Waals surface area contributed by atoms with Crippen molar-refractivity contribution in [1.29, 1.82) is 0 Å². The highest BCUT2D eigenvalue weighted by Crippen LogP contribution is 2.56. The van der Waals surface area contributed by atoms with E-state index in [-0.39, 0.29) is 25.3 Å². The zero-order valence-electron chi connectivity index (χ0n) is 22.1. The lowest BCUT2D eigenvalue weighted by molar-refractivity contribution is -0.156. The van der Waals surface area contributed by atoms with Crippen molar-refractivity contribution in [3.8, 4) is 28.7 Å². The first-order valence-electron chi connectivity index (χ1n) is 12.6. The van der Waals surface area contributed by atoms with Crippen molar-refractivity contribution >= 4 is 11.9 Å². The summed E-state index contributed by atoms with van der Waals surface area (Å²) in [5.74, 6) is 0.250. The van der Waals surface area contributed by atoms with Crippen molar-refractivity contribution in [3.63, 3.8) is 0 Å². The van der Waals surface area contributed by atoms with Crippen LogP contribution in [0.25, 0.3) is 0 Å². The van der Waals surface area contributed by atoms with Gasteiger partial charge < -0.3 is 38.9 Å². The lowest BCUT2D eigenvalue weighted by Gasteiger charge is -2.39. The number of hydrogen-bond donors (Lipinski definition) is 1. The molecule has 10 heteroatoms. The molecule has 3 aliphatic rings. The molecule has 38 heavy (non-hydrogen) atoms. The Kier molecular flexibility index (Phi) is 7.00. The molecule has 0 radical (unpaired) electrons. The number of carbonyl (C=O) groups excluding carboxylic acids is 2. The summed E-state index contributed by atoms with van der Waals surface area (Å²) in [5.41, 5.74) is 8.40. The zero-order chi connectivity index (χ0) is 27.1. The lowest BCUT2D eigenvalue weighted by Crippen LogP contribution is -2.40. The first-order chi connectivity index (χ1) is 18.3. The molecular weight excluding hydrogens is 494 g/mol. The summed E-state index contributed by atoms with van der Waals surface area (Å²) in [6, 6.07) is 6.55. The molecule has 0 saturated carbocycles. The standard InChI is InChI=1S/C28H33NO9/c1-13(2)6-18(29)27(30)38-25-16-10-20-19(36-12-37-20)9-15(16)23(24-17(25)11-35-28(24)31)14-7-21(32-3)26(34-5)22(8-14)33-4/h7-10,13,17-18,23-25H,6,11-12,29H2,1-5H3/t17-,18-,23+,24-,25-/m0/s1. The van der Waals surface area contributed by atoms with Gasteiger partial charge in [-0.15, -0.1) is 0 Å². The van der Waals surface area contributed by atoms with Crippen LogP contribution in [0.15, 0.2) is 24.3 Å². The van der Waals surface area contributed by atoms with Gasteiger partial charge in [-0.1, -0.05) is 13.8 Å². The van der Waals surface area contributed by atoms with Crippen LogP contribution < -0.4 is 29.4 Å². The van der Waals surface area contributed by atoms with E-state index in [4.69, 9.17) is 38.9 Å². The highest BCUT2D eigenvalue weighted by Gasteiger charge is 2.54. The molecule has 204 valence electrons. The molecule has 2 aliphatic heterocycles. The molecule has 1 aliphatic carbocycles. The van der Waals surface area contributed by atoms with Crippen LogP contribution in [-0.4, -0.2) is 52.7 Å². The molecule has 0 bridgehead atoms. The first-order valence-corrected chi connectivity index (χ1v) is 12.6. The Hall–Kier alpha value is -3.66. The third kappa shape index (κ3) is 4.36. The second-order valence-corrected chi connectivity index (χ2v) is 10.2. The maximum atomic E-state index is 13.2. The van der Waals surface area contributed by atoms with Crippen LogP contribution in [0.1, 0.15) is 49.0 Å². The summed E-state index contributed by atoms with van der Waals surface area (Å²) in [4.78, 5) is 26.3. The van der Waals surface area contributed by atoms with Gasteiger partial charge in [-0.2, -0.15) is 0 Å². The van der Waals surface area contributed by atoms with Crippen molar-refractivity contribution in [2.75, 3.05) is 34.7 Å². The Labute approximate surface area is 221 Å². The average Bonchev–Trinajstić information content (AvgIpc) is 3.52. The molecule has 0 unspecified atom stereocenters. The van der Waals surface area contributed by atoms with Gasteiger partial charge in [-0.25, -0.2) is 0 Å². The monoisotopic (exact) mass is 527 g/mol. The molecular formula is C28H33NO9. The molecule has 2 aromatic rings. The number of fused-ring (bicyclic) bond motifs is 3. The number of rotatable bonds is 8. The minimum atomic E-state index is -0.781. The van der Waals surface area contributed by atoms with E-state index in [0.717, 1.165) is 16.7 Å². The Morgan fingerprint density at radius 2 is 1.61 bits per heavy atom. The summed E-state index contributed by atoms with van der Waals surface area (Å²) < 4.78 is 39.6. The van der Waals surface area contributed by atoms with E-state index in [1.807, 2.05) is 38.1 Å². The topological polar surface area (TPSA) is 125 Å². The van der Waals surface area contributed by atoms with Gasteiger partial charge in [-0.05, 0) is 47.7 Å². The van der Waals surface area contributed by atoms with Crippen molar-refractivity contribution in [1.82, 2.24) is 0 Å². The molecule has 10 nitrogen and oxygen atoms in total. The predicted molar refractivity (Wildman–Crippen MR) is 135 cm³/mol. The van der Waals surface area contributed by atoms with E-state index in [9.17, 15) is 9.59 Å². The number of benzene rings is 2. The second-order valence-electron chi connectivity index (χ2n) is 10.2. The minimum absolute atomic E-state index is 0.0751. The molecule has 1 saturated heterocycles. The summed E-state index contributed by atoms with van der Waals surface area (Å²) in [5, 5.41) is 0. The third-order valence-electron chi connectivity index (χ3n) is 7.44. The van der Waals surface area contributed by atoms with Crippen molar-refractivity contribution in [2.45, 2.75) is 38.3 Å². The number of carbonyl (C=O) groups is 2. The zero-order valence-corrected chi connectivity index (χ0v) is 22.1. The van der Waals surface area contributed by atoms with Crippen LogP contribution in [0, 0.1) is 17.8 Å². The van der Waals surface area contributed by atoms with Crippen LogP contribution >= 0.6 is 0 Å². The van der Waals surface area contributed by atoms with E-state index < -0.39 is 35.9 Å². The molecule has 2 N–H and O–H groups in total. The van der Waals surface area contributed by atoms with Gasteiger partial charge in [0.1, 0.15) is 12.1 Å². The molecule has 5 atom stereocenters. The molecule has 2 aromatic carbocycles. The second kappa shape index (κ2) is 10.2. The molecule has 5 rings (SSSR count). The maximum absolute atomic E-state index is 13.2. The maximum Gasteiger partial charge on any atom is 0.323 e. The Morgan fingerprint density at radius 3 is 2.18 bits per heavy atom. The molecule has 0 amide bonds. The van der Waals surface area contributed by atoms with Gasteiger partial charge in [0.15, 0.2) is 23.0 Å². The Morgan fingerprint density at radius 1 is 0.974 bits per heavy atom. The highest BCUT2D eigenvalue weighted by molar-refractivity contribution is 5.80. The normalized spacial score (nSPS) is 23.8. The number of hydrogen-bond acceptors (Lipinski definition) is 10. The van der Waals surface area contributed by atoms with Crippen LogP contribution in [0.5, 0.6) is 28.7 Å². The quantitative estimate of drug-likeness (QED) is 0.511. The summed E-state index contributed by atoms with van der Waals surface area (Å²) in [6.45, 7) is 4.16. The van der Waals surface area contributed by atoms with Gasteiger partial charge in [0.2, 0.25) is 12.5 Å². The SMILES string of the molecule is COc1cc([C@@H]2c3cc4c(cc3[C@H](OC(=O)[C@@H](N)CC(C)C)[C@H]3COC(=O)[C@H]23)OCO4)cc(OC)c1OC. The van der Waals surface area contributed by atoms with Crippen LogP contribution in [0.2, 0.25) is 0 Å². The first kappa shape index (κ1) is 26.0. The number of ether oxygens (including phenoxy) is 7. The van der Waals surface area contributed by atoms with Crippen molar-refractivity contribution < 1.29 is 42.7 Å². The minimum Gasteiger partial charge on any atom is -0.493 e. The molecule has 0 aromatic heterocycles. The van der Waals surface area contributed by atoms with Crippen molar-refractivity contribution in [3.05, 3.63) is 41.0 Å². The van der Waals surface area contributed by atoms with Gasteiger partial charge in [0, 0.05) is 17.4 Å². The van der Waals surface area contributed by atoms with E-state index in [0.29, 0.717) is 35.2 Å². The van der Waals surface area contributed by atoms with Gasteiger partial charge >= 0.3 is 11.9 Å². The number of esters is 2. The summed E-state index contributed by atoms with van der Waals surface area (Å²) in [6.07, 6.45) is -0.267. The highest BCUT2D eigenvalue weighted by atomic mass is 16.7. The van der Waals surface area contributed by atoms with Gasteiger partial charge in [-0.3, -0.25) is 9.59 Å². The molecule has 1 fully saturated rings. The lowest BCUT2D eigenvalue weighted by atomic mass is 9.66. The number of cyclic esters (lactones) is 1. The number of methoxy groups -OCH3 is 3. The number of nitrogens with two attached hydrogens (primary N) is 1. The van der Waals surface area contributed by atoms with Gasteiger partial charge in [0.25, 0.3) is 0 Å². The molecule has 2 heterocycles. The Balaban J connectivity index is 1.66. The fraction of sp³-hybridized carbons (Fsp3) is 0.500. The van der Waals surface area contributed by atoms with E-state index in [1.165, 1.54) is 21.3 Å². The predicted octanol–water partition coefficient (Wildman–Crippen LogP) is 3.33. The van der Waals surface area contributed by atoms with Crippen LogP contribution in [-0.2, 0) is 19.1 Å². The summed E-state index contributed by atoms with van der Waals surface area (Å²) >= 11 is 0. The fourth-order valence-corrected chi connectivity index (χ4v) is 5.76. The smallest absolute Gasteiger partial charge is 0.323 e. The summed E-state index contributed by atoms with van der Waals surface area (Å²) in [7, 11) is 4.61. The van der Waals surface area contributed by atoms with Gasteiger partial charge in [0.05, 0.1) is 33.9 Å². The van der Waals surface area contributed by atoms with Crippen LogP contribution in [0.4, 0.5) is 0 Å². The van der Waals surface area contributed by atoms with Crippen LogP contribution in [0.3, 0.4) is 0 Å². The fourth-order valence-electron chi connectivity index (χ4n) is 5.76. The third-order valence-corrected chi connectivity index (χ3v) is 7.44. The molecule has 0 spiro atoms. The van der Waals surface area contributed by atoms with E-state index in [2.05, 4.69) is 0 Å². The largest absolute Gasteiger partial charge is 0.493 e. The average molecular weight is 528 g/mol. The van der Waals surface area contributed by atoms with E-state index in [1.54, 1.807) is 0 Å². The van der Waals surface area contributed by atoms with E-state index >= 15 is 0 Å². The Bertz CT molecular complexity index is 1220. The van der Waals surface area contributed by atoms with Crippen molar-refractivity contribution in [2.24, 2.45) is 23.5 Å².